The number of rotatable bonds is 2. The SMILES string of the molecule is OC1CCCCCC1Oc1ccc(F)c(Cl)c1. The van der Waals surface area contributed by atoms with Gasteiger partial charge < -0.3 is 9.84 Å². The first kappa shape index (κ1) is 12.7. The van der Waals surface area contributed by atoms with Crippen molar-refractivity contribution in [3.8, 4) is 5.75 Å². The van der Waals surface area contributed by atoms with Gasteiger partial charge in [-0.05, 0) is 31.4 Å². The maximum absolute atomic E-state index is 13.0. The Morgan fingerprint density at radius 1 is 1.24 bits per heavy atom. The molecule has 1 aliphatic carbocycles. The van der Waals surface area contributed by atoms with Crippen molar-refractivity contribution in [3.63, 3.8) is 0 Å². The molecule has 0 aromatic heterocycles. The van der Waals surface area contributed by atoms with E-state index in [0.717, 1.165) is 32.1 Å². The minimum Gasteiger partial charge on any atom is -0.488 e. The van der Waals surface area contributed by atoms with Crippen LogP contribution in [0.4, 0.5) is 4.39 Å². The molecular formula is C13H16ClFO2. The minimum atomic E-state index is -0.458. The Balaban J connectivity index is 2.05. The fourth-order valence-corrected chi connectivity index (χ4v) is 2.29. The highest BCUT2D eigenvalue weighted by Crippen LogP contribution is 2.26. The molecule has 94 valence electrons. The summed E-state index contributed by atoms with van der Waals surface area (Å²) in [5.41, 5.74) is 0. The van der Waals surface area contributed by atoms with Crippen LogP contribution in [-0.4, -0.2) is 17.3 Å². The van der Waals surface area contributed by atoms with Crippen LogP contribution in [0.5, 0.6) is 5.75 Å². The summed E-state index contributed by atoms with van der Waals surface area (Å²) in [6.45, 7) is 0. The van der Waals surface area contributed by atoms with E-state index in [1.54, 1.807) is 6.07 Å². The lowest BCUT2D eigenvalue weighted by atomic mass is 10.1. The van der Waals surface area contributed by atoms with E-state index >= 15 is 0 Å². The first-order valence-electron chi connectivity index (χ1n) is 5.96. The van der Waals surface area contributed by atoms with Gasteiger partial charge in [0.1, 0.15) is 17.7 Å². The fourth-order valence-electron chi connectivity index (χ4n) is 2.12. The summed E-state index contributed by atoms with van der Waals surface area (Å²) in [4.78, 5) is 0. The lowest BCUT2D eigenvalue weighted by Crippen LogP contribution is -2.30. The van der Waals surface area contributed by atoms with Crippen molar-refractivity contribution in [2.24, 2.45) is 0 Å². The lowest BCUT2D eigenvalue weighted by molar-refractivity contribution is 0.0319. The van der Waals surface area contributed by atoms with Crippen LogP contribution in [0.25, 0.3) is 0 Å². The van der Waals surface area contributed by atoms with Crippen LogP contribution < -0.4 is 4.74 Å². The van der Waals surface area contributed by atoms with E-state index in [-0.39, 0.29) is 11.1 Å². The molecule has 0 bridgehead atoms. The highest BCUT2D eigenvalue weighted by Gasteiger charge is 2.23. The second-order valence-electron chi connectivity index (χ2n) is 4.44. The molecule has 1 aromatic rings. The third-order valence-electron chi connectivity index (χ3n) is 3.10. The Kier molecular flexibility index (Phi) is 4.24. The molecule has 1 saturated carbocycles. The van der Waals surface area contributed by atoms with Crippen LogP contribution >= 0.6 is 11.6 Å². The highest BCUT2D eigenvalue weighted by atomic mass is 35.5. The average Bonchev–Trinajstić information content (AvgIpc) is 2.50. The number of hydrogen-bond acceptors (Lipinski definition) is 2. The van der Waals surface area contributed by atoms with Crippen molar-refractivity contribution < 1.29 is 14.2 Å². The Morgan fingerprint density at radius 3 is 2.76 bits per heavy atom. The maximum Gasteiger partial charge on any atom is 0.142 e. The van der Waals surface area contributed by atoms with Gasteiger partial charge in [0.15, 0.2) is 0 Å². The number of hydrogen-bond donors (Lipinski definition) is 1. The van der Waals surface area contributed by atoms with Crippen LogP contribution in [0.3, 0.4) is 0 Å². The molecule has 1 N–H and O–H groups in total. The molecule has 0 radical (unpaired) electrons. The number of ether oxygens (including phenoxy) is 1. The van der Waals surface area contributed by atoms with Crippen molar-refractivity contribution >= 4 is 11.6 Å². The molecule has 2 rings (SSSR count). The standard InChI is InChI=1S/C13H16ClFO2/c14-10-8-9(6-7-11(10)15)17-13-5-3-1-2-4-12(13)16/h6-8,12-13,16H,1-5H2. The highest BCUT2D eigenvalue weighted by molar-refractivity contribution is 6.30. The maximum atomic E-state index is 13.0. The number of aliphatic hydroxyl groups is 1. The minimum absolute atomic E-state index is 0.0469. The Hall–Kier alpha value is -0.800. The van der Waals surface area contributed by atoms with Crippen LogP contribution in [0, 0.1) is 5.82 Å². The molecule has 0 heterocycles. The second kappa shape index (κ2) is 5.69. The summed E-state index contributed by atoms with van der Waals surface area (Å²) in [5, 5.41) is 9.95. The smallest absolute Gasteiger partial charge is 0.142 e. The van der Waals surface area contributed by atoms with Crippen molar-refractivity contribution in [3.05, 3.63) is 29.0 Å². The van der Waals surface area contributed by atoms with Crippen LogP contribution in [0.15, 0.2) is 18.2 Å². The van der Waals surface area contributed by atoms with E-state index in [9.17, 15) is 9.50 Å². The molecule has 1 fully saturated rings. The van der Waals surface area contributed by atoms with Gasteiger partial charge in [0.2, 0.25) is 0 Å². The third kappa shape index (κ3) is 3.33. The summed E-state index contributed by atoms with van der Waals surface area (Å²) in [7, 11) is 0. The zero-order chi connectivity index (χ0) is 12.3. The molecule has 0 aliphatic heterocycles. The Labute approximate surface area is 105 Å². The van der Waals surface area contributed by atoms with E-state index < -0.39 is 11.9 Å². The Morgan fingerprint density at radius 2 is 2.00 bits per heavy atom. The van der Waals surface area contributed by atoms with Gasteiger partial charge in [0, 0.05) is 6.07 Å². The quantitative estimate of drug-likeness (QED) is 0.822. The van der Waals surface area contributed by atoms with Gasteiger partial charge in [-0.2, -0.15) is 0 Å². The van der Waals surface area contributed by atoms with Gasteiger partial charge in [-0.1, -0.05) is 24.4 Å². The van der Waals surface area contributed by atoms with Crippen molar-refractivity contribution in [2.45, 2.75) is 44.3 Å². The van der Waals surface area contributed by atoms with Gasteiger partial charge in [0.05, 0.1) is 11.1 Å². The van der Waals surface area contributed by atoms with E-state index in [0.29, 0.717) is 5.75 Å². The molecule has 1 aromatic carbocycles. The number of aliphatic hydroxyl groups excluding tert-OH is 1. The first-order valence-corrected chi connectivity index (χ1v) is 6.34. The predicted octanol–water partition coefficient (Wildman–Crippen LogP) is 3.55. The molecule has 2 atom stereocenters. The van der Waals surface area contributed by atoms with Gasteiger partial charge >= 0.3 is 0 Å². The summed E-state index contributed by atoms with van der Waals surface area (Å²) < 4.78 is 18.7. The third-order valence-corrected chi connectivity index (χ3v) is 3.39. The van der Waals surface area contributed by atoms with E-state index in [1.807, 2.05) is 0 Å². The average molecular weight is 259 g/mol. The van der Waals surface area contributed by atoms with Crippen molar-refractivity contribution in [1.29, 1.82) is 0 Å². The van der Waals surface area contributed by atoms with E-state index in [4.69, 9.17) is 16.3 Å². The zero-order valence-corrected chi connectivity index (χ0v) is 10.3. The topological polar surface area (TPSA) is 29.5 Å². The molecule has 4 heteroatoms. The summed E-state index contributed by atoms with van der Waals surface area (Å²) in [5.74, 6) is 0.0581. The summed E-state index contributed by atoms with van der Waals surface area (Å²) in [6.07, 6.45) is 4.15. The van der Waals surface area contributed by atoms with Crippen LogP contribution in [0.1, 0.15) is 32.1 Å². The summed E-state index contributed by atoms with van der Waals surface area (Å²) in [6, 6.07) is 4.27. The molecule has 0 spiro atoms. The van der Waals surface area contributed by atoms with Gasteiger partial charge in [-0.3, -0.25) is 0 Å². The molecule has 0 amide bonds. The predicted molar refractivity (Wildman–Crippen MR) is 64.9 cm³/mol. The summed E-state index contributed by atoms with van der Waals surface area (Å²) >= 11 is 5.68. The molecule has 17 heavy (non-hydrogen) atoms. The largest absolute Gasteiger partial charge is 0.488 e. The lowest BCUT2D eigenvalue weighted by Gasteiger charge is -2.22. The zero-order valence-electron chi connectivity index (χ0n) is 9.53. The van der Waals surface area contributed by atoms with Crippen LogP contribution in [0.2, 0.25) is 5.02 Å². The Bertz CT molecular complexity index is 384. The monoisotopic (exact) mass is 258 g/mol. The molecule has 2 nitrogen and oxygen atoms in total. The number of benzene rings is 1. The van der Waals surface area contributed by atoms with Crippen LogP contribution in [-0.2, 0) is 0 Å². The normalized spacial score (nSPS) is 25.4. The van der Waals surface area contributed by atoms with Gasteiger partial charge in [-0.25, -0.2) is 4.39 Å². The second-order valence-corrected chi connectivity index (χ2v) is 4.84. The molecular weight excluding hydrogens is 243 g/mol. The first-order chi connectivity index (χ1) is 8.16. The van der Waals surface area contributed by atoms with Crippen molar-refractivity contribution in [2.75, 3.05) is 0 Å². The molecule has 1 aliphatic rings. The fraction of sp³-hybridized carbons (Fsp3) is 0.538. The van der Waals surface area contributed by atoms with Crippen molar-refractivity contribution in [1.82, 2.24) is 0 Å². The van der Waals surface area contributed by atoms with E-state index in [1.165, 1.54) is 12.1 Å². The molecule has 0 saturated heterocycles. The van der Waals surface area contributed by atoms with Gasteiger partial charge in [-0.15, -0.1) is 0 Å². The molecule has 2 unspecified atom stereocenters. The van der Waals surface area contributed by atoms with Gasteiger partial charge in [0.25, 0.3) is 0 Å². The number of halogens is 2. The van der Waals surface area contributed by atoms with E-state index in [2.05, 4.69) is 0 Å².